The smallest absolute Gasteiger partial charge is 0.0107 e. The van der Waals surface area contributed by atoms with Crippen molar-refractivity contribution in [3.8, 4) is 0 Å². The highest BCUT2D eigenvalue weighted by Gasteiger charge is 2.62. The second-order valence-electron chi connectivity index (χ2n) is 12.9. The van der Waals surface area contributed by atoms with E-state index in [-0.39, 0.29) is 10.8 Å². The maximum Gasteiger partial charge on any atom is 0.0107 e. The molecule has 0 spiro atoms. The summed E-state index contributed by atoms with van der Waals surface area (Å²) in [6.45, 7) is 12.6. The van der Waals surface area contributed by atoms with E-state index >= 15 is 0 Å². The molecule has 1 saturated carbocycles. The molecule has 1 fully saturated rings. The van der Waals surface area contributed by atoms with Crippen molar-refractivity contribution in [2.24, 2.45) is 16.7 Å². The molecule has 4 aromatic carbocycles. The third kappa shape index (κ3) is 4.63. The number of thiophene rings is 1. The van der Waals surface area contributed by atoms with Gasteiger partial charge in [-0.05, 0) is 91.4 Å². The Hall–Kier alpha value is -2.82. The number of hydrogen-bond acceptors (Lipinski definition) is 1. The van der Waals surface area contributed by atoms with Crippen LogP contribution in [-0.4, -0.2) is 0 Å². The van der Waals surface area contributed by atoms with Crippen LogP contribution in [0.2, 0.25) is 0 Å². The van der Waals surface area contributed by atoms with E-state index in [1.165, 1.54) is 43.8 Å². The van der Waals surface area contributed by atoms with Crippen LogP contribution in [0.1, 0.15) is 48.9 Å². The fraction of sp³-hybridized carbons (Fsp3) is 0.250. The second kappa shape index (κ2) is 11.3. The van der Waals surface area contributed by atoms with E-state index in [4.69, 9.17) is 0 Å². The van der Waals surface area contributed by atoms with Crippen LogP contribution in [0, 0.1) is 30.6 Å². The highest BCUT2D eigenvalue weighted by Crippen LogP contribution is 2.76. The van der Waals surface area contributed by atoms with E-state index < -0.39 is 15.8 Å². The molecule has 0 amide bonds. The van der Waals surface area contributed by atoms with Gasteiger partial charge < -0.3 is 0 Å². The Morgan fingerprint density at radius 2 is 1.00 bits per heavy atom. The van der Waals surface area contributed by atoms with Crippen LogP contribution in [-0.2, 0) is 0 Å². The quantitative estimate of drug-likeness (QED) is 0.160. The van der Waals surface area contributed by atoms with Gasteiger partial charge in [-0.3, -0.25) is 0 Å². The van der Waals surface area contributed by atoms with Gasteiger partial charge in [0.15, 0.2) is 0 Å². The number of allylic oxidation sites excluding steroid dienone is 2. The van der Waals surface area contributed by atoms with Crippen LogP contribution < -0.4 is 26.5 Å². The molecule has 2 aliphatic carbocycles. The summed E-state index contributed by atoms with van der Waals surface area (Å²) in [4.78, 5) is 2.96. The van der Waals surface area contributed by atoms with Crippen LogP contribution >= 0.6 is 27.2 Å². The third-order valence-corrected chi connectivity index (χ3v) is 16.8. The molecule has 1 heterocycles. The first-order chi connectivity index (χ1) is 20.8. The Morgan fingerprint density at radius 3 is 1.44 bits per heavy atom. The minimum Gasteiger partial charge on any atom is -0.145 e. The number of aryl methyl sites for hydroxylation is 2. The van der Waals surface area contributed by atoms with Gasteiger partial charge in [0.1, 0.15) is 0 Å². The first kappa shape index (κ1) is 28.9. The lowest BCUT2D eigenvalue weighted by Gasteiger charge is -2.38. The van der Waals surface area contributed by atoms with Gasteiger partial charge in [-0.1, -0.05) is 142 Å². The molecule has 2 bridgehead atoms. The van der Waals surface area contributed by atoms with Crippen LogP contribution in [0.25, 0.3) is 5.57 Å². The molecule has 0 N–H and O–H groups in total. The molecule has 43 heavy (non-hydrogen) atoms. The number of hydrogen-bond donors (Lipinski definition) is 0. The number of fused-ring (bicyclic) bond motifs is 2. The maximum atomic E-state index is 2.61. The van der Waals surface area contributed by atoms with Crippen LogP contribution in [0.5, 0.6) is 0 Å². The van der Waals surface area contributed by atoms with E-state index in [2.05, 4.69) is 156 Å². The number of benzene rings is 4. The monoisotopic (exact) mass is 614 g/mol. The van der Waals surface area contributed by atoms with Gasteiger partial charge in [0, 0.05) is 20.6 Å². The van der Waals surface area contributed by atoms with E-state index in [9.17, 15) is 0 Å². The van der Waals surface area contributed by atoms with Crippen LogP contribution in [0.15, 0.2) is 127 Å². The lowest BCUT2D eigenvalue weighted by atomic mass is 9.66. The fourth-order valence-corrected chi connectivity index (χ4v) is 15.1. The molecule has 0 radical (unpaired) electrons. The predicted octanol–water partition coefficient (Wildman–Crippen LogP) is 9.42. The summed E-state index contributed by atoms with van der Waals surface area (Å²) >= 11 is 2.02. The molecule has 0 aliphatic heterocycles. The van der Waals surface area contributed by atoms with Crippen molar-refractivity contribution in [3.05, 3.63) is 142 Å². The zero-order chi connectivity index (χ0) is 29.8. The van der Waals surface area contributed by atoms with Gasteiger partial charge in [0.25, 0.3) is 0 Å². The minimum absolute atomic E-state index is 0.124. The lowest BCUT2D eigenvalue weighted by Crippen LogP contribution is -2.31. The Labute approximate surface area is 264 Å². The van der Waals surface area contributed by atoms with E-state index in [1.807, 2.05) is 11.3 Å². The average Bonchev–Trinajstić information content (AvgIpc) is 3.51. The largest absolute Gasteiger partial charge is 0.145 e. The Kier molecular flexibility index (Phi) is 7.58. The summed E-state index contributed by atoms with van der Waals surface area (Å²) in [6, 6.07) is 45.5. The minimum atomic E-state index is -0.709. The third-order valence-electron chi connectivity index (χ3n) is 10.4. The van der Waals surface area contributed by atoms with Crippen molar-refractivity contribution in [3.63, 3.8) is 0 Å². The second-order valence-corrected chi connectivity index (χ2v) is 18.6. The summed E-state index contributed by atoms with van der Waals surface area (Å²) in [5.74, 6) is 0.575. The topological polar surface area (TPSA) is 0 Å². The summed E-state index contributed by atoms with van der Waals surface area (Å²) < 4.78 is 0. The van der Waals surface area contributed by atoms with Gasteiger partial charge in [0.05, 0.1) is 0 Å². The normalized spacial score (nSPS) is 20.9. The number of rotatable bonds is 7. The van der Waals surface area contributed by atoms with Crippen LogP contribution in [0.3, 0.4) is 0 Å². The van der Waals surface area contributed by atoms with Gasteiger partial charge >= 0.3 is 0 Å². The maximum absolute atomic E-state index is 2.61. The molecular weight excluding hydrogens is 574 g/mol. The molecule has 2 aliphatic rings. The predicted molar refractivity (Wildman–Crippen MR) is 193 cm³/mol. The molecule has 216 valence electrons. The molecular formula is C40H40P2S. The summed E-state index contributed by atoms with van der Waals surface area (Å²) in [5.41, 5.74) is 3.58. The Balaban J connectivity index is 1.57. The highest BCUT2D eigenvalue weighted by atomic mass is 32.1. The first-order valence-corrected chi connectivity index (χ1v) is 19.0. The van der Waals surface area contributed by atoms with Crippen molar-refractivity contribution in [1.29, 1.82) is 0 Å². The Bertz CT molecular complexity index is 1690. The van der Waals surface area contributed by atoms with Gasteiger partial charge in [-0.15, -0.1) is 11.3 Å². The zero-order valence-electron chi connectivity index (χ0n) is 25.8. The highest BCUT2D eigenvalue weighted by molar-refractivity contribution is 7.80. The van der Waals surface area contributed by atoms with Crippen molar-refractivity contribution < 1.29 is 0 Å². The van der Waals surface area contributed by atoms with E-state index in [0.717, 1.165) is 0 Å². The standard InChI is InChI=1S/C40H40P2S/c1-28-35(37(29(2)43-28)41(30-18-10-6-11-19-30)31-20-12-7-13-21-31)36-38(34-26-27-40(36,5)39(34,3)4)42(32-22-14-8-15-23-32)33-24-16-9-17-25-33/h6-25,34H,26-27H2,1-5H3/t34-,40+/m0/s1. The molecule has 0 nitrogen and oxygen atoms in total. The van der Waals surface area contributed by atoms with Crippen LogP contribution in [0.4, 0.5) is 0 Å². The molecule has 1 aromatic heterocycles. The van der Waals surface area contributed by atoms with Crippen molar-refractivity contribution >= 4 is 59.3 Å². The lowest BCUT2D eigenvalue weighted by molar-refractivity contribution is 0.189. The van der Waals surface area contributed by atoms with Gasteiger partial charge in [0.2, 0.25) is 0 Å². The first-order valence-electron chi connectivity index (χ1n) is 15.5. The van der Waals surface area contributed by atoms with Crippen molar-refractivity contribution in [2.45, 2.75) is 47.5 Å². The van der Waals surface area contributed by atoms with Gasteiger partial charge in [-0.25, -0.2) is 0 Å². The molecule has 7 rings (SSSR count). The molecule has 3 heteroatoms. The fourth-order valence-electron chi connectivity index (χ4n) is 7.93. The summed E-state index contributed by atoms with van der Waals surface area (Å²) in [6.07, 6.45) is 2.54. The van der Waals surface area contributed by atoms with Crippen molar-refractivity contribution in [2.75, 3.05) is 0 Å². The zero-order valence-corrected chi connectivity index (χ0v) is 28.4. The molecule has 2 atom stereocenters. The molecule has 5 aromatic rings. The molecule has 0 saturated heterocycles. The summed E-state index contributed by atoms with van der Waals surface area (Å²) in [5, 5.41) is 9.15. The van der Waals surface area contributed by atoms with Crippen molar-refractivity contribution in [1.82, 2.24) is 0 Å². The van der Waals surface area contributed by atoms with E-state index in [1.54, 1.807) is 21.8 Å². The molecule has 0 unspecified atom stereocenters. The van der Waals surface area contributed by atoms with E-state index in [0.29, 0.717) is 5.92 Å². The Morgan fingerprint density at radius 1 is 0.581 bits per heavy atom. The van der Waals surface area contributed by atoms with Gasteiger partial charge in [-0.2, -0.15) is 0 Å². The SMILES string of the molecule is Cc1sc(C)c(P(c2ccccc2)c2ccccc2)c1C1=C(P(c2ccccc2)c2ccccc2)[C@@H]2CC[C@@]1(C)C2(C)C. The average molecular weight is 615 g/mol. The summed E-state index contributed by atoms with van der Waals surface area (Å²) in [7, 11) is -1.38.